The lowest BCUT2D eigenvalue weighted by Gasteiger charge is -2.02. The lowest BCUT2D eigenvalue weighted by Crippen LogP contribution is -1.98. The molecule has 2 N–H and O–H groups in total. The van der Waals surface area contributed by atoms with Crippen LogP contribution >= 0.6 is 11.8 Å². The van der Waals surface area contributed by atoms with Crippen LogP contribution in [-0.4, -0.2) is 19.4 Å². The number of hydrogen-bond acceptors (Lipinski definition) is 3. The van der Waals surface area contributed by atoms with Gasteiger partial charge in [0.15, 0.2) is 0 Å². The predicted octanol–water partition coefficient (Wildman–Crippen LogP) is 2.53. The minimum Gasteiger partial charge on any atom is -0.497 e. The smallest absolute Gasteiger partial charge is 0.118 e. The van der Waals surface area contributed by atoms with Crippen molar-refractivity contribution in [2.75, 3.05) is 19.4 Å². The number of hydrogen-bond donors (Lipinski definition) is 1. The number of rotatable bonds is 6. The van der Waals surface area contributed by atoms with Crippen LogP contribution in [0.2, 0.25) is 0 Å². The van der Waals surface area contributed by atoms with Crippen molar-refractivity contribution >= 4 is 11.8 Å². The second-order valence-corrected chi connectivity index (χ2v) is 4.19. The maximum Gasteiger partial charge on any atom is 0.118 e. The van der Waals surface area contributed by atoms with Gasteiger partial charge in [-0.2, -0.15) is 0 Å². The Balaban J connectivity index is 2.29. The summed E-state index contributed by atoms with van der Waals surface area (Å²) >= 11 is 1.87. The molecule has 0 saturated carbocycles. The lowest BCUT2D eigenvalue weighted by atomic mass is 10.3. The van der Waals surface area contributed by atoms with Crippen molar-refractivity contribution in [3.05, 3.63) is 24.3 Å². The summed E-state index contributed by atoms with van der Waals surface area (Å²) in [4.78, 5) is 1.29. The Morgan fingerprint density at radius 1 is 1.21 bits per heavy atom. The van der Waals surface area contributed by atoms with E-state index in [-0.39, 0.29) is 0 Å². The zero-order valence-electron chi connectivity index (χ0n) is 8.53. The van der Waals surface area contributed by atoms with Crippen molar-refractivity contribution in [1.82, 2.24) is 0 Å². The van der Waals surface area contributed by atoms with Crippen LogP contribution in [0.4, 0.5) is 0 Å². The molecule has 0 atom stereocenters. The molecule has 0 aliphatic carbocycles. The van der Waals surface area contributed by atoms with Gasteiger partial charge < -0.3 is 10.5 Å². The molecule has 0 aliphatic rings. The van der Waals surface area contributed by atoms with Gasteiger partial charge in [0.25, 0.3) is 0 Å². The van der Waals surface area contributed by atoms with Crippen LogP contribution in [0.15, 0.2) is 29.2 Å². The second-order valence-electron chi connectivity index (χ2n) is 3.02. The first kappa shape index (κ1) is 11.4. The number of ether oxygens (including phenoxy) is 1. The summed E-state index contributed by atoms with van der Waals surface area (Å²) in [5.74, 6) is 2.06. The molecule has 1 aromatic rings. The van der Waals surface area contributed by atoms with E-state index in [0.717, 1.165) is 24.5 Å². The van der Waals surface area contributed by atoms with Gasteiger partial charge in [-0.15, -0.1) is 11.8 Å². The molecule has 14 heavy (non-hydrogen) atoms. The minimum atomic E-state index is 0.795. The Bertz CT molecular complexity index is 248. The fraction of sp³-hybridized carbons (Fsp3) is 0.455. The molecule has 78 valence electrons. The molecule has 0 heterocycles. The molecule has 0 saturated heterocycles. The quantitative estimate of drug-likeness (QED) is 0.580. The van der Waals surface area contributed by atoms with Crippen molar-refractivity contribution in [2.24, 2.45) is 5.73 Å². The molecule has 1 rings (SSSR count). The van der Waals surface area contributed by atoms with E-state index in [4.69, 9.17) is 10.5 Å². The average molecular weight is 211 g/mol. The zero-order chi connectivity index (χ0) is 10.2. The van der Waals surface area contributed by atoms with E-state index in [1.807, 2.05) is 23.9 Å². The highest BCUT2D eigenvalue weighted by atomic mass is 32.2. The Labute approximate surface area is 89.8 Å². The molecule has 0 fully saturated rings. The summed E-state index contributed by atoms with van der Waals surface area (Å²) in [6.07, 6.45) is 2.30. The SMILES string of the molecule is COc1ccc(SCCCCN)cc1. The monoisotopic (exact) mass is 211 g/mol. The Morgan fingerprint density at radius 2 is 1.93 bits per heavy atom. The molecule has 0 spiro atoms. The number of thioether (sulfide) groups is 1. The van der Waals surface area contributed by atoms with E-state index >= 15 is 0 Å². The summed E-state index contributed by atoms with van der Waals surface area (Å²) in [5, 5.41) is 0. The molecular weight excluding hydrogens is 194 g/mol. The van der Waals surface area contributed by atoms with Crippen molar-refractivity contribution in [3.63, 3.8) is 0 Å². The Hall–Kier alpha value is -0.670. The normalized spacial score (nSPS) is 10.1. The molecule has 3 heteroatoms. The number of benzene rings is 1. The van der Waals surface area contributed by atoms with Crippen LogP contribution in [0.1, 0.15) is 12.8 Å². The summed E-state index contributed by atoms with van der Waals surface area (Å²) in [5.41, 5.74) is 5.42. The van der Waals surface area contributed by atoms with Gasteiger partial charge in [-0.1, -0.05) is 0 Å². The lowest BCUT2D eigenvalue weighted by molar-refractivity contribution is 0.414. The standard InChI is InChI=1S/C11H17NOS/c1-13-10-4-6-11(7-5-10)14-9-3-2-8-12/h4-7H,2-3,8-9,12H2,1H3. The first-order valence-corrected chi connectivity index (χ1v) is 5.82. The van der Waals surface area contributed by atoms with Gasteiger partial charge in [-0.25, -0.2) is 0 Å². The summed E-state index contributed by atoms with van der Waals surface area (Å²) in [6.45, 7) is 0.795. The third-order valence-electron chi connectivity index (χ3n) is 1.93. The first-order valence-electron chi connectivity index (χ1n) is 4.83. The molecule has 0 unspecified atom stereocenters. The molecule has 0 aliphatic heterocycles. The highest BCUT2D eigenvalue weighted by Crippen LogP contribution is 2.21. The minimum absolute atomic E-state index is 0.795. The molecule has 1 aromatic carbocycles. The maximum absolute atomic E-state index is 5.42. The van der Waals surface area contributed by atoms with Crippen LogP contribution in [0.25, 0.3) is 0 Å². The highest BCUT2D eigenvalue weighted by molar-refractivity contribution is 7.99. The zero-order valence-corrected chi connectivity index (χ0v) is 9.35. The van der Waals surface area contributed by atoms with Crippen LogP contribution in [0.3, 0.4) is 0 Å². The van der Waals surface area contributed by atoms with E-state index in [1.165, 1.54) is 11.3 Å². The average Bonchev–Trinajstić information content (AvgIpc) is 2.25. The van der Waals surface area contributed by atoms with Gasteiger partial charge in [0.1, 0.15) is 5.75 Å². The molecule has 0 aromatic heterocycles. The molecule has 0 radical (unpaired) electrons. The van der Waals surface area contributed by atoms with E-state index in [9.17, 15) is 0 Å². The van der Waals surface area contributed by atoms with Gasteiger partial charge in [0.05, 0.1) is 7.11 Å². The third kappa shape index (κ3) is 4.03. The summed E-state index contributed by atoms with van der Waals surface area (Å²) in [7, 11) is 1.68. The Kier molecular flexibility index (Phi) is 5.49. The number of nitrogens with two attached hydrogens (primary N) is 1. The van der Waals surface area contributed by atoms with E-state index in [0.29, 0.717) is 0 Å². The van der Waals surface area contributed by atoms with Crippen LogP contribution in [0, 0.1) is 0 Å². The molecule has 2 nitrogen and oxygen atoms in total. The second kappa shape index (κ2) is 6.74. The van der Waals surface area contributed by atoms with Crippen LogP contribution < -0.4 is 10.5 Å². The fourth-order valence-corrected chi connectivity index (χ4v) is 2.02. The van der Waals surface area contributed by atoms with E-state index in [1.54, 1.807) is 7.11 Å². The third-order valence-corrected chi connectivity index (χ3v) is 3.02. The van der Waals surface area contributed by atoms with Crippen molar-refractivity contribution < 1.29 is 4.74 Å². The van der Waals surface area contributed by atoms with E-state index < -0.39 is 0 Å². The summed E-state index contributed by atoms with van der Waals surface area (Å²) < 4.78 is 5.09. The van der Waals surface area contributed by atoms with Gasteiger partial charge >= 0.3 is 0 Å². The number of methoxy groups -OCH3 is 1. The fourth-order valence-electron chi connectivity index (χ4n) is 1.11. The molecule has 0 bridgehead atoms. The van der Waals surface area contributed by atoms with E-state index in [2.05, 4.69) is 12.1 Å². The van der Waals surface area contributed by atoms with Gasteiger partial charge in [0.2, 0.25) is 0 Å². The van der Waals surface area contributed by atoms with Crippen molar-refractivity contribution in [1.29, 1.82) is 0 Å². The predicted molar refractivity (Wildman–Crippen MR) is 62.0 cm³/mol. The van der Waals surface area contributed by atoms with Gasteiger partial charge in [0, 0.05) is 4.90 Å². The largest absolute Gasteiger partial charge is 0.497 e. The Morgan fingerprint density at radius 3 is 2.50 bits per heavy atom. The van der Waals surface area contributed by atoms with Crippen molar-refractivity contribution in [3.8, 4) is 5.75 Å². The topological polar surface area (TPSA) is 35.2 Å². The van der Waals surface area contributed by atoms with Crippen LogP contribution in [-0.2, 0) is 0 Å². The van der Waals surface area contributed by atoms with Crippen LogP contribution in [0.5, 0.6) is 5.75 Å². The van der Waals surface area contributed by atoms with Gasteiger partial charge in [-0.3, -0.25) is 0 Å². The first-order chi connectivity index (χ1) is 6.86. The summed E-state index contributed by atoms with van der Waals surface area (Å²) in [6, 6.07) is 8.16. The maximum atomic E-state index is 5.42. The highest BCUT2D eigenvalue weighted by Gasteiger charge is 1.94. The number of unbranched alkanes of at least 4 members (excludes halogenated alkanes) is 1. The molecule has 0 amide bonds. The molecular formula is C11H17NOS. The van der Waals surface area contributed by atoms with Crippen molar-refractivity contribution in [2.45, 2.75) is 17.7 Å². The van der Waals surface area contributed by atoms with Gasteiger partial charge in [-0.05, 0) is 49.4 Å².